The summed E-state index contributed by atoms with van der Waals surface area (Å²) in [7, 11) is 0. The Kier molecular flexibility index (Phi) is 4.01. The number of allylic oxidation sites excluding steroid dienone is 2. The van der Waals surface area contributed by atoms with Crippen molar-refractivity contribution in [1.82, 2.24) is 0 Å². The van der Waals surface area contributed by atoms with Crippen molar-refractivity contribution in [3.63, 3.8) is 0 Å². The molecular formula is C15H20. The number of benzene rings is 1. The fourth-order valence-corrected chi connectivity index (χ4v) is 2.34. The van der Waals surface area contributed by atoms with Gasteiger partial charge >= 0.3 is 0 Å². The van der Waals surface area contributed by atoms with Gasteiger partial charge in [0.1, 0.15) is 0 Å². The number of rotatable bonds is 3. The summed E-state index contributed by atoms with van der Waals surface area (Å²) in [6.45, 7) is 0. The fourth-order valence-electron chi connectivity index (χ4n) is 2.34. The zero-order valence-corrected chi connectivity index (χ0v) is 9.36. The van der Waals surface area contributed by atoms with Crippen LogP contribution in [0, 0.1) is 5.92 Å². The maximum Gasteiger partial charge on any atom is -0.00974 e. The van der Waals surface area contributed by atoms with Gasteiger partial charge in [-0.1, -0.05) is 61.7 Å². The summed E-state index contributed by atoms with van der Waals surface area (Å²) in [5.74, 6) is 0.863. The first kappa shape index (κ1) is 10.5. The molecular weight excluding hydrogens is 180 g/mol. The van der Waals surface area contributed by atoms with Crippen molar-refractivity contribution in [2.24, 2.45) is 5.92 Å². The molecule has 0 nitrogen and oxygen atoms in total. The molecule has 80 valence electrons. The maximum absolute atomic E-state index is 2.44. The Morgan fingerprint density at radius 2 is 1.73 bits per heavy atom. The summed E-state index contributed by atoms with van der Waals surface area (Å²) in [5.41, 5.74) is 1.42. The van der Waals surface area contributed by atoms with Crippen molar-refractivity contribution in [3.05, 3.63) is 48.0 Å². The van der Waals surface area contributed by atoms with Crippen LogP contribution in [-0.2, 0) is 6.42 Å². The standard InChI is InChI=1S/C15H20/c1-3-8-14(9-4-1)12-7-13-15-10-5-2-6-11-15/h1,3-4,7-9,13,15H,2,5-6,10-12H2. The van der Waals surface area contributed by atoms with E-state index in [1.54, 1.807) is 0 Å². The highest BCUT2D eigenvalue weighted by atomic mass is 14.1. The first-order chi connectivity index (χ1) is 7.45. The van der Waals surface area contributed by atoms with Crippen molar-refractivity contribution in [2.75, 3.05) is 0 Å². The van der Waals surface area contributed by atoms with Crippen LogP contribution in [0.1, 0.15) is 37.7 Å². The highest BCUT2D eigenvalue weighted by molar-refractivity contribution is 5.17. The summed E-state index contributed by atoms with van der Waals surface area (Å²) in [6, 6.07) is 10.7. The van der Waals surface area contributed by atoms with Crippen molar-refractivity contribution in [3.8, 4) is 0 Å². The highest BCUT2D eigenvalue weighted by Crippen LogP contribution is 2.24. The lowest BCUT2D eigenvalue weighted by molar-refractivity contribution is 0.419. The lowest BCUT2D eigenvalue weighted by atomic mass is 9.89. The van der Waals surface area contributed by atoms with Crippen LogP contribution in [0.5, 0.6) is 0 Å². The largest absolute Gasteiger partial charge is 0.0851 e. The van der Waals surface area contributed by atoms with E-state index in [4.69, 9.17) is 0 Å². The van der Waals surface area contributed by atoms with E-state index in [0.717, 1.165) is 12.3 Å². The maximum atomic E-state index is 2.44. The van der Waals surface area contributed by atoms with Gasteiger partial charge in [0.15, 0.2) is 0 Å². The Labute approximate surface area is 93.0 Å². The molecule has 0 amide bonds. The highest BCUT2D eigenvalue weighted by Gasteiger charge is 2.09. The van der Waals surface area contributed by atoms with Gasteiger partial charge in [-0.15, -0.1) is 0 Å². The molecule has 0 saturated heterocycles. The summed E-state index contributed by atoms with van der Waals surface area (Å²) < 4.78 is 0. The van der Waals surface area contributed by atoms with Gasteiger partial charge in [0, 0.05) is 0 Å². The fraction of sp³-hybridized carbons (Fsp3) is 0.467. The Morgan fingerprint density at radius 3 is 2.47 bits per heavy atom. The third-order valence-corrected chi connectivity index (χ3v) is 3.25. The molecule has 1 aliphatic carbocycles. The SMILES string of the molecule is C(=CC1CCCCC1)Cc1ccccc1. The lowest BCUT2D eigenvalue weighted by Crippen LogP contribution is -2.02. The number of hydrogen-bond acceptors (Lipinski definition) is 0. The van der Waals surface area contributed by atoms with Crippen molar-refractivity contribution in [1.29, 1.82) is 0 Å². The van der Waals surface area contributed by atoms with Gasteiger partial charge in [0.05, 0.1) is 0 Å². The molecule has 0 heteroatoms. The average Bonchev–Trinajstić information content (AvgIpc) is 2.32. The van der Waals surface area contributed by atoms with Gasteiger partial charge in [-0.05, 0) is 30.7 Å². The predicted molar refractivity (Wildman–Crippen MR) is 65.9 cm³/mol. The molecule has 1 saturated carbocycles. The molecule has 0 aliphatic heterocycles. The zero-order valence-electron chi connectivity index (χ0n) is 9.36. The van der Waals surface area contributed by atoms with Gasteiger partial charge in [-0.3, -0.25) is 0 Å². The van der Waals surface area contributed by atoms with Crippen LogP contribution < -0.4 is 0 Å². The second kappa shape index (κ2) is 5.75. The molecule has 1 fully saturated rings. The molecule has 1 aromatic carbocycles. The first-order valence-corrected chi connectivity index (χ1v) is 6.16. The van der Waals surface area contributed by atoms with E-state index in [-0.39, 0.29) is 0 Å². The third kappa shape index (κ3) is 3.54. The zero-order chi connectivity index (χ0) is 10.3. The molecule has 0 unspecified atom stereocenters. The van der Waals surface area contributed by atoms with Gasteiger partial charge in [0.25, 0.3) is 0 Å². The van der Waals surface area contributed by atoms with Crippen LogP contribution in [0.25, 0.3) is 0 Å². The van der Waals surface area contributed by atoms with Crippen LogP contribution in [0.2, 0.25) is 0 Å². The number of hydrogen-bond donors (Lipinski definition) is 0. The molecule has 0 N–H and O–H groups in total. The van der Waals surface area contributed by atoms with Gasteiger partial charge in [-0.25, -0.2) is 0 Å². The third-order valence-electron chi connectivity index (χ3n) is 3.25. The molecule has 15 heavy (non-hydrogen) atoms. The molecule has 1 aromatic rings. The van der Waals surface area contributed by atoms with Crippen LogP contribution >= 0.6 is 0 Å². The van der Waals surface area contributed by atoms with E-state index in [1.165, 1.54) is 37.7 Å². The Balaban J connectivity index is 1.79. The van der Waals surface area contributed by atoms with E-state index in [1.807, 2.05) is 0 Å². The summed E-state index contributed by atoms with van der Waals surface area (Å²) in [5, 5.41) is 0. The predicted octanol–water partition coefficient (Wildman–Crippen LogP) is 4.37. The minimum Gasteiger partial charge on any atom is -0.0851 e. The summed E-state index contributed by atoms with van der Waals surface area (Å²) in [4.78, 5) is 0. The molecule has 2 rings (SSSR count). The van der Waals surface area contributed by atoms with E-state index in [2.05, 4.69) is 42.5 Å². The summed E-state index contributed by atoms with van der Waals surface area (Å²) in [6.07, 6.45) is 13.0. The Bertz CT molecular complexity index is 291. The molecule has 0 spiro atoms. The molecule has 0 aromatic heterocycles. The molecule has 0 radical (unpaired) electrons. The van der Waals surface area contributed by atoms with Crippen molar-refractivity contribution in [2.45, 2.75) is 38.5 Å². The van der Waals surface area contributed by atoms with E-state index < -0.39 is 0 Å². The monoisotopic (exact) mass is 200 g/mol. The second-order valence-electron chi connectivity index (χ2n) is 4.52. The molecule has 0 bridgehead atoms. The van der Waals surface area contributed by atoms with E-state index in [0.29, 0.717) is 0 Å². The minimum absolute atomic E-state index is 0.863. The molecule has 0 heterocycles. The van der Waals surface area contributed by atoms with Gasteiger partial charge in [0.2, 0.25) is 0 Å². The van der Waals surface area contributed by atoms with E-state index in [9.17, 15) is 0 Å². The summed E-state index contributed by atoms with van der Waals surface area (Å²) >= 11 is 0. The topological polar surface area (TPSA) is 0 Å². The van der Waals surface area contributed by atoms with Gasteiger partial charge < -0.3 is 0 Å². The Morgan fingerprint density at radius 1 is 1.00 bits per heavy atom. The first-order valence-electron chi connectivity index (χ1n) is 6.16. The lowest BCUT2D eigenvalue weighted by Gasteiger charge is -2.17. The average molecular weight is 200 g/mol. The van der Waals surface area contributed by atoms with Crippen molar-refractivity contribution >= 4 is 0 Å². The van der Waals surface area contributed by atoms with Crippen LogP contribution in [0.15, 0.2) is 42.5 Å². The normalized spacial score (nSPS) is 18.4. The molecule has 0 atom stereocenters. The van der Waals surface area contributed by atoms with Gasteiger partial charge in [-0.2, -0.15) is 0 Å². The smallest absolute Gasteiger partial charge is 0.00974 e. The molecule has 1 aliphatic rings. The van der Waals surface area contributed by atoms with Crippen molar-refractivity contribution < 1.29 is 0 Å². The Hall–Kier alpha value is -1.04. The van der Waals surface area contributed by atoms with E-state index >= 15 is 0 Å². The minimum atomic E-state index is 0.863. The van der Waals surface area contributed by atoms with Crippen LogP contribution in [-0.4, -0.2) is 0 Å². The van der Waals surface area contributed by atoms with Crippen LogP contribution in [0.3, 0.4) is 0 Å². The van der Waals surface area contributed by atoms with Crippen LogP contribution in [0.4, 0.5) is 0 Å². The second-order valence-corrected chi connectivity index (χ2v) is 4.52. The quantitative estimate of drug-likeness (QED) is 0.636.